The molecule has 0 aromatic heterocycles. The van der Waals surface area contributed by atoms with Gasteiger partial charge in [0.2, 0.25) is 18.4 Å². The van der Waals surface area contributed by atoms with Crippen molar-refractivity contribution in [1.82, 2.24) is 0 Å². The van der Waals surface area contributed by atoms with Crippen molar-refractivity contribution in [2.75, 3.05) is 0 Å². The standard InChI is InChI=1S/C22H24N2O2/c1-16-25-21-10-6-4-8-17(21)14-23(2)19-12-13-20(19)24(3)15-18-9-5-7-11-22(18)26-16/h4-11,14-16,19-20H,2-3,12-13H2,1H3. The van der Waals surface area contributed by atoms with Crippen molar-refractivity contribution >= 4 is 13.4 Å². The Morgan fingerprint density at radius 2 is 1.23 bits per heavy atom. The molecule has 0 radical (unpaired) electrons. The van der Waals surface area contributed by atoms with Gasteiger partial charge in [0.1, 0.15) is 0 Å². The Bertz CT molecular complexity index is 776. The molecule has 134 valence electrons. The number of para-hydroxylation sites is 2. The number of rotatable bonds is 0. The van der Waals surface area contributed by atoms with Crippen molar-refractivity contribution in [1.29, 1.82) is 0 Å². The Balaban J connectivity index is 1.72. The van der Waals surface area contributed by atoms with Gasteiger partial charge >= 0.3 is 0 Å². The van der Waals surface area contributed by atoms with E-state index in [4.69, 9.17) is 9.47 Å². The molecule has 0 spiro atoms. The maximum Gasteiger partial charge on any atom is 0.218 e. The summed E-state index contributed by atoms with van der Waals surface area (Å²) < 4.78 is 16.2. The smallest absolute Gasteiger partial charge is 0.218 e. The molecule has 2 unspecified atom stereocenters. The number of hydrogen-bond acceptors (Lipinski definition) is 2. The molecule has 2 atom stereocenters. The van der Waals surface area contributed by atoms with Crippen LogP contribution in [-0.4, -0.2) is 41.0 Å². The molecule has 1 aliphatic heterocycles. The zero-order chi connectivity index (χ0) is 18.1. The lowest BCUT2D eigenvalue weighted by Crippen LogP contribution is -2.50. The van der Waals surface area contributed by atoms with Crippen LogP contribution in [0.5, 0.6) is 11.5 Å². The Labute approximate surface area is 155 Å². The van der Waals surface area contributed by atoms with Crippen LogP contribution in [0.2, 0.25) is 0 Å². The third-order valence-corrected chi connectivity index (χ3v) is 5.09. The lowest BCUT2D eigenvalue weighted by Gasteiger charge is -2.33. The van der Waals surface area contributed by atoms with E-state index >= 15 is 0 Å². The third kappa shape index (κ3) is 3.15. The van der Waals surface area contributed by atoms with Gasteiger partial charge in [0.25, 0.3) is 0 Å². The summed E-state index contributed by atoms with van der Waals surface area (Å²) in [7, 11) is 0. The minimum Gasteiger partial charge on any atom is -0.502 e. The van der Waals surface area contributed by atoms with Crippen molar-refractivity contribution in [3.63, 3.8) is 0 Å². The van der Waals surface area contributed by atoms with E-state index in [1.54, 1.807) is 0 Å². The SMILES string of the molecule is C=[N+]1[CH-]c2ccccc2OC(C)Oc2ccccc2[CH-][N+](=C)C2CCC21. The maximum atomic E-state index is 6.07. The highest BCUT2D eigenvalue weighted by Crippen LogP contribution is 2.32. The first-order valence-electron chi connectivity index (χ1n) is 9.00. The van der Waals surface area contributed by atoms with E-state index in [1.165, 1.54) is 0 Å². The quantitative estimate of drug-likeness (QED) is 0.538. The molecule has 4 heteroatoms. The number of ether oxygens (including phenoxy) is 2. The Hall–Kier alpha value is -2.88. The van der Waals surface area contributed by atoms with Gasteiger partial charge in [-0.15, -0.1) is 24.3 Å². The fourth-order valence-corrected chi connectivity index (χ4v) is 3.56. The van der Waals surface area contributed by atoms with Gasteiger partial charge in [0.05, 0.1) is 38.0 Å². The largest absolute Gasteiger partial charge is 0.502 e. The first kappa shape index (κ1) is 16.6. The Kier molecular flexibility index (Phi) is 4.33. The molecule has 1 heterocycles. The van der Waals surface area contributed by atoms with Crippen LogP contribution in [0, 0.1) is 13.1 Å². The summed E-state index contributed by atoms with van der Waals surface area (Å²) in [6, 6.07) is 16.6. The highest BCUT2D eigenvalue weighted by molar-refractivity contribution is 5.39. The fraction of sp³-hybridized carbons (Fsp3) is 0.273. The van der Waals surface area contributed by atoms with Gasteiger partial charge in [-0.25, -0.2) is 0 Å². The molecule has 0 saturated heterocycles. The van der Waals surface area contributed by atoms with Crippen LogP contribution < -0.4 is 9.47 Å². The molecular weight excluding hydrogens is 324 g/mol. The summed E-state index contributed by atoms with van der Waals surface area (Å²) in [6.07, 6.45) is 1.78. The third-order valence-electron chi connectivity index (χ3n) is 5.09. The Morgan fingerprint density at radius 3 is 1.65 bits per heavy atom. The average Bonchev–Trinajstić information content (AvgIpc) is 2.57. The second kappa shape index (κ2) is 6.79. The molecular formula is C22H24N2O2. The molecule has 0 bridgehead atoms. The summed E-state index contributed by atoms with van der Waals surface area (Å²) in [5.41, 5.74) is 1.99. The summed E-state index contributed by atoms with van der Waals surface area (Å²) in [5.74, 6) is 1.58. The lowest BCUT2D eigenvalue weighted by molar-refractivity contribution is -0.632. The van der Waals surface area contributed by atoms with Gasteiger partial charge in [0.15, 0.2) is 0 Å². The van der Waals surface area contributed by atoms with Gasteiger partial charge in [-0.2, -0.15) is 0 Å². The molecule has 2 aromatic rings. The fourth-order valence-electron chi connectivity index (χ4n) is 3.56. The van der Waals surface area contributed by atoms with E-state index in [-0.39, 0.29) is 0 Å². The van der Waals surface area contributed by atoms with E-state index in [2.05, 4.69) is 26.5 Å². The zero-order valence-corrected chi connectivity index (χ0v) is 15.0. The van der Waals surface area contributed by atoms with E-state index in [0.29, 0.717) is 12.1 Å². The number of fused-ring (bicyclic) bond motifs is 3. The number of benzene rings is 2. The van der Waals surface area contributed by atoms with E-state index in [1.807, 2.05) is 64.6 Å². The second-order valence-corrected chi connectivity index (χ2v) is 6.88. The van der Waals surface area contributed by atoms with Gasteiger partial charge in [0, 0.05) is 19.8 Å². The molecule has 4 nitrogen and oxygen atoms in total. The van der Waals surface area contributed by atoms with Crippen LogP contribution in [0.3, 0.4) is 0 Å². The van der Waals surface area contributed by atoms with Crippen LogP contribution in [-0.2, 0) is 0 Å². The van der Waals surface area contributed by atoms with Gasteiger partial charge < -0.3 is 9.47 Å². The summed E-state index contributed by atoms with van der Waals surface area (Å²) >= 11 is 0. The number of hydrogen-bond donors (Lipinski definition) is 0. The highest BCUT2D eigenvalue weighted by atomic mass is 16.7. The van der Waals surface area contributed by atoms with Crippen molar-refractivity contribution in [3.05, 3.63) is 72.7 Å². The maximum absolute atomic E-state index is 6.07. The summed E-state index contributed by atoms with van der Waals surface area (Å²) in [5, 5.41) is 0. The van der Waals surface area contributed by atoms with Crippen molar-refractivity contribution in [3.8, 4) is 11.5 Å². The zero-order valence-electron chi connectivity index (χ0n) is 15.0. The van der Waals surface area contributed by atoms with E-state index < -0.39 is 6.29 Å². The molecule has 26 heavy (non-hydrogen) atoms. The first-order chi connectivity index (χ1) is 12.6. The molecule has 0 N–H and O–H groups in total. The lowest BCUT2D eigenvalue weighted by atomic mass is 9.85. The van der Waals surface area contributed by atoms with Crippen LogP contribution in [0.4, 0.5) is 0 Å². The number of nitrogens with zero attached hydrogens (tertiary/aromatic N) is 2. The normalized spacial score (nSPS) is 25.0. The van der Waals surface area contributed by atoms with Crippen LogP contribution >= 0.6 is 0 Å². The highest BCUT2D eigenvalue weighted by Gasteiger charge is 2.44. The molecule has 2 aliphatic rings. The van der Waals surface area contributed by atoms with Crippen LogP contribution in [0.25, 0.3) is 0 Å². The Morgan fingerprint density at radius 1 is 0.808 bits per heavy atom. The second-order valence-electron chi connectivity index (χ2n) is 6.88. The summed E-state index contributed by atoms with van der Waals surface area (Å²) in [6.45, 7) is 14.5. The van der Waals surface area contributed by atoms with Gasteiger partial charge in [-0.3, -0.25) is 9.15 Å². The summed E-state index contributed by atoms with van der Waals surface area (Å²) in [4.78, 5) is 0. The predicted octanol–water partition coefficient (Wildman–Crippen LogP) is 3.48. The molecule has 1 saturated carbocycles. The molecule has 1 aliphatic carbocycles. The van der Waals surface area contributed by atoms with Crippen molar-refractivity contribution in [2.24, 2.45) is 0 Å². The monoisotopic (exact) mass is 348 g/mol. The molecule has 1 fully saturated rings. The molecule has 2 aromatic carbocycles. The van der Waals surface area contributed by atoms with Crippen molar-refractivity contribution < 1.29 is 18.6 Å². The van der Waals surface area contributed by atoms with E-state index in [9.17, 15) is 0 Å². The van der Waals surface area contributed by atoms with Crippen LogP contribution in [0.15, 0.2) is 48.5 Å². The van der Waals surface area contributed by atoms with Crippen molar-refractivity contribution in [2.45, 2.75) is 38.1 Å². The first-order valence-corrected chi connectivity index (χ1v) is 9.00. The van der Waals surface area contributed by atoms with Crippen LogP contribution in [0.1, 0.15) is 30.9 Å². The minimum absolute atomic E-state index is 0.322. The predicted molar refractivity (Wildman–Crippen MR) is 102 cm³/mol. The van der Waals surface area contributed by atoms with Gasteiger partial charge in [-0.05, 0) is 11.1 Å². The minimum atomic E-state index is -0.423. The molecule has 4 rings (SSSR count). The van der Waals surface area contributed by atoms with E-state index in [0.717, 1.165) is 35.5 Å². The van der Waals surface area contributed by atoms with Gasteiger partial charge in [-0.1, -0.05) is 24.3 Å². The molecule has 0 amide bonds. The average molecular weight is 348 g/mol. The topological polar surface area (TPSA) is 24.5 Å².